The Labute approximate surface area is 210 Å². The van der Waals surface area contributed by atoms with Crippen LogP contribution in [0.25, 0.3) is 0 Å². The van der Waals surface area contributed by atoms with Gasteiger partial charge >= 0.3 is 0 Å². The molecule has 0 aromatic heterocycles. The van der Waals surface area contributed by atoms with Gasteiger partial charge in [0.1, 0.15) is 0 Å². The van der Waals surface area contributed by atoms with Crippen molar-refractivity contribution < 1.29 is 9.90 Å². The third-order valence-electron chi connectivity index (χ3n) is 8.98. The molecular formula is C32H52O2. The first-order chi connectivity index (χ1) is 16.3. The van der Waals surface area contributed by atoms with E-state index in [1.54, 1.807) is 5.57 Å². The summed E-state index contributed by atoms with van der Waals surface area (Å²) in [5.74, 6) is 2.43. The highest BCUT2D eigenvalue weighted by Gasteiger charge is 2.50. The first-order valence-electron chi connectivity index (χ1n) is 14.3. The van der Waals surface area contributed by atoms with Gasteiger partial charge in [-0.25, -0.2) is 0 Å². The smallest absolute Gasteiger partial charge is 0.161 e. The van der Waals surface area contributed by atoms with Gasteiger partial charge in [-0.15, -0.1) is 0 Å². The van der Waals surface area contributed by atoms with E-state index in [0.29, 0.717) is 29.0 Å². The number of rotatable bonds is 3. The van der Waals surface area contributed by atoms with E-state index in [9.17, 15) is 9.90 Å². The molecule has 4 rings (SSSR count). The Morgan fingerprint density at radius 2 is 1.68 bits per heavy atom. The number of carbonyl (C=O) groups is 1. The lowest BCUT2D eigenvalue weighted by Gasteiger charge is -2.44. The minimum Gasteiger partial charge on any atom is -0.388 e. The lowest BCUT2D eigenvalue weighted by molar-refractivity contribution is -0.117. The Morgan fingerprint density at radius 1 is 0.971 bits per heavy atom. The van der Waals surface area contributed by atoms with Crippen molar-refractivity contribution >= 4 is 5.78 Å². The molecule has 0 amide bonds. The van der Waals surface area contributed by atoms with Crippen LogP contribution in [-0.4, -0.2) is 17.0 Å². The van der Waals surface area contributed by atoms with Gasteiger partial charge in [0.25, 0.3) is 0 Å². The van der Waals surface area contributed by atoms with Crippen molar-refractivity contribution in [3.8, 4) is 0 Å². The Hall–Kier alpha value is -1.41. The monoisotopic (exact) mass is 468 g/mol. The molecular weight excluding hydrogens is 416 g/mol. The van der Waals surface area contributed by atoms with E-state index in [1.807, 2.05) is 27.7 Å². The van der Waals surface area contributed by atoms with Crippen LogP contribution in [0, 0.1) is 29.1 Å². The molecule has 0 saturated heterocycles. The van der Waals surface area contributed by atoms with Crippen LogP contribution in [0.2, 0.25) is 0 Å². The van der Waals surface area contributed by atoms with Crippen molar-refractivity contribution in [2.75, 3.05) is 0 Å². The summed E-state index contributed by atoms with van der Waals surface area (Å²) in [6.45, 7) is 19.1. The second-order valence-corrected chi connectivity index (χ2v) is 10.8. The molecule has 192 valence electrons. The molecule has 4 fully saturated rings. The zero-order valence-corrected chi connectivity index (χ0v) is 23.3. The number of Topliss-reactive ketones (excluding diaryl/α,β-unsaturated/α-hetero) is 1. The average Bonchev–Trinajstić information content (AvgIpc) is 3.37. The summed E-state index contributed by atoms with van der Waals surface area (Å²) in [4.78, 5) is 12.4. The van der Waals surface area contributed by atoms with Crippen LogP contribution in [0.3, 0.4) is 0 Å². The summed E-state index contributed by atoms with van der Waals surface area (Å²) in [7, 11) is 0. The molecule has 4 saturated carbocycles. The summed E-state index contributed by atoms with van der Waals surface area (Å²) in [6, 6.07) is 0. The van der Waals surface area contributed by atoms with Gasteiger partial charge in [-0.2, -0.15) is 0 Å². The Balaban J connectivity index is 0.000000970. The van der Waals surface area contributed by atoms with Crippen molar-refractivity contribution in [2.45, 2.75) is 119 Å². The van der Waals surface area contributed by atoms with Crippen LogP contribution in [0.5, 0.6) is 0 Å². The van der Waals surface area contributed by atoms with Gasteiger partial charge in [0.15, 0.2) is 5.78 Å². The Morgan fingerprint density at radius 3 is 2.32 bits per heavy atom. The van der Waals surface area contributed by atoms with Crippen molar-refractivity contribution in [1.29, 1.82) is 0 Å². The van der Waals surface area contributed by atoms with Crippen LogP contribution in [-0.2, 0) is 4.79 Å². The molecule has 6 atom stereocenters. The fourth-order valence-corrected chi connectivity index (χ4v) is 7.12. The lowest BCUT2D eigenvalue weighted by Crippen LogP contribution is -2.35. The summed E-state index contributed by atoms with van der Waals surface area (Å²) < 4.78 is 0. The van der Waals surface area contributed by atoms with Gasteiger partial charge in [-0.3, -0.25) is 4.79 Å². The molecule has 0 spiro atoms. The maximum atomic E-state index is 12.4. The van der Waals surface area contributed by atoms with E-state index >= 15 is 0 Å². The molecule has 0 radical (unpaired) electrons. The van der Waals surface area contributed by atoms with Crippen molar-refractivity contribution in [3.63, 3.8) is 0 Å². The van der Waals surface area contributed by atoms with Crippen LogP contribution in [0.15, 0.2) is 47.1 Å². The molecule has 0 aromatic rings. The molecule has 34 heavy (non-hydrogen) atoms. The van der Waals surface area contributed by atoms with Crippen LogP contribution in [0.1, 0.15) is 113 Å². The van der Waals surface area contributed by atoms with Crippen molar-refractivity contribution in [3.05, 3.63) is 47.1 Å². The Kier molecular flexibility index (Phi) is 11.1. The topological polar surface area (TPSA) is 37.3 Å². The number of aliphatic hydroxyl groups excluding tert-OH is 1. The van der Waals surface area contributed by atoms with E-state index in [1.165, 1.54) is 37.7 Å². The number of aliphatic hydroxyl groups is 1. The van der Waals surface area contributed by atoms with Crippen LogP contribution in [0.4, 0.5) is 0 Å². The highest BCUT2D eigenvalue weighted by molar-refractivity contribution is 5.99. The molecule has 0 heterocycles. The summed E-state index contributed by atoms with van der Waals surface area (Å²) in [5, 5.41) is 10.1. The van der Waals surface area contributed by atoms with E-state index in [4.69, 9.17) is 0 Å². The molecule has 4 aliphatic carbocycles. The van der Waals surface area contributed by atoms with Crippen LogP contribution < -0.4 is 0 Å². The summed E-state index contributed by atoms with van der Waals surface area (Å²) >= 11 is 0. The fraction of sp³-hybridized carbons (Fsp3) is 0.719. The third kappa shape index (κ3) is 6.04. The second-order valence-electron chi connectivity index (χ2n) is 10.8. The maximum absolute atomic E-state index is 12.4. The first-order valence-corrected chi connectivity index (χ1v) is 14.3. The van der Waals surface area contributed by atoms with Gasteiger partial charge in [0.2, 0.25) is 0 Å². The first kappa shape index (κ1) is 28.8. The number of hydrogen-bond donors (Lipinski definition) is 1. The van der Waals surface area contributed by atoms with E-state index in [2.05, 4.69) is 45.6 Å². The quantitative estimate of drug-likeness (QED) is 0.420. The molecule has 4 aliphatic rings. The predicted octanol–water partition coefficient (Wildman–Crippen LogP) is 8.77. The van der Waals surface area contributed by atoms with Crippen molar-refractivity contribution in [1.82, 2.24) is 0 Å². The molecule has 0 aromatic carbocycles. The Bertz CT molecular complexity index is 798. The highest BCUT2D eigenvalue weighted by atomic mass is 16.3. The number of allylic oxidation sites excluding steroid dienone is 5. The number of hydrogen-bond acceptors (Lipinski definition) is 2. The van der Waals surface area contributed by atoms with E-state index in [-0.39, 0.29) is 12.0 Å². The third-order valence-corrected chi connectivity index (χ3v) is 8.98. The van der Waals surface area contributed by atoms with E-state index < -0.39 is 0 Å². The average molecular weight is 469 g/mol. The van der Waals surface area contributed by atoms with Gasteiger partial charge in [0, 0.05) is 5.92 Å². The fourth-order valence-electron chi connectivity index (χ4n) is 7.12. The van der Waals surface area contributed by atoms with Gasteiger partial charge in [-0.1, -0.05) is 78.8 Å². The molecule has 0 bridgehead atoms. The molecule has 1 N–H and O–H groups in total. The molecule has 6 unspecified atom stereocenters. The van der Waals surface area contributed by atoms with Crippen molar-refractivity contribution in [2.24, 2.45) is 29.1 Å². The molecule has 2 nitrogen and oxygen atoms in total. The zero-order valence-electron chi connectivity index (χ0n) is 23.3. The van der Waals surface area contributed by atoms with Gasteiger partial charge in [-0.05, 0) is 104 Å². The van der Waals surface area contributed by atoms with Gasteiger partial charge < -0.3 is 5.11 Å². The van der Waals surface area contributed by atoms with Gasteiger partial charge in [0.05, 0.1) is 6.10 Å². The minimum absolute atomic E-state index is 0.223. The summed E-state index contributed by atoms with van der Waals surface area (Å²) in [6.07, 6.45) is 17.9. The summed E-state index contributed by atoms with van der Waals surface area (Å²) in [5.41, 5.74) is 5.23. The highest BCUT2D eigenvalue weighted by Crippen LogP contribution is 2.59. The minimum atomic E-state index is -0.356. The SMILES string of the molecule is C=C1/C(=C\C=C2/CCCC3(C)C2CCC3C(C)/C=C2\CCC(C)C2=O)CCCC1O.CC.CC. The normalized spacial score (nSPS) is 37.7. The zero-order chi connectivity index (χ0) is 25.5. The molecule has 2 heteroatoms. The molecule has 0 aliphatic heterocycles. The second kappa shape index (κ2) is 13.1. The number of carbonyl (C=O) groups excluding carboxylic acids is 1. The number of ketones is 1. The largest absolute Gasteiger partial charge is 0.388 e. The van der Waals surface area contributed by atoms with Crippen LogP contribution >= 0.6 is 0 Å². The lowest BCUT2D eigenvalue weighted by atomic mass is 9.61. The standard InChI is InChI=1S/C28H40O2.2C2H6/c1-18-10-11-23(27(18)30)17-19(2)24-14-15-25-22(8-6-16-28(24,25)4)13-12-21-7-5-9-26(29)20(21)3;2*1-2/h12-13,17-19,24-26,29H,3,5-11,14-16H2,1-2,4H3;2*1-2H3/b21-12-,22-13+,23-17+;;. The maximum Gasteiger partial charge on any atom is 0.161 e. The predicted molar refractivity (Wildman–Crippen MR) is 147 cm³/mol. The number of fused-ring (bicyclic) bond motifs is 1. The van der Waals surface area contributed by atoms with E-state index in [0.717, 1.165) is 43.3 Å².